The van der Waals surface area contributed by atoms with Gasteiger partial charge in [-0.25, -0.2) is 4.79 Å². The number of hydrogen-bond donors (Lipinski definition) is 1. The van der Waals surface area contributed by atoms with Gasteiger partial charge >= 0.3 is 5.97 Å². The van der Waals surface area contributed by atoms with Crippen molar-refractivity contribution in [1.29, 1.82) is 0 Å². The Morgan fingerprint density at radius 3 is 2.70 bits per heavy atom. The Kier molecular flexibility index (Phi) is 3.01. The number of nitrogens with zero attached hydrogens (tertiary/aromatic N) is 2. The smallest absolute Gasteiger partial charge is 0.328 e. The summed E-state index contributed by atoms with van der Waals surface area (Å²) < 4.78 is 5.40. The number of fused-ring (bicyclic) bond motifs is 1. The van der Waals surface area contributed by atoms with E-state index < -0.39 is 5.97 Å². The SMILES string of the molecule is O=C(O)/C=C/c1nnc(-c2ccc3ccccc3c2)o1. The number of benzene rings is 2. The lowest BCUT2D eigenvalue weighted by atomic mass is 10.1. The molecule has 0 aliphatic rings. The molecule has 20 heavy (non-hydrogen) atoms. The lowest BCUT2D eigenvalue weighted by Crippen LogP contribution is -1.85. The Morgan fingerprint density at radius 1 is 1.10 bits per heavy atom. The first-order chi connectivity index (χ1) is 9.72. The van der Waals surface area contributed by atoms with E-state index in [0.717, 1.165) is 22.4 Å². The summed E-state index contributed by atoms with van der Waals surface area (Å²) in [6, 6.07) is 13.8. The van der Waals surface area contributed by atoms with E-state index in [4.69, 9.17) is 9.52 Å². The van der Waals surface area contributed by atoms with Gasteiger partial charge in [0.1, 0.15) is 0 Å². The van der Waals surface area contributed by atoms with Crippen molar-refractivity contribution in [3.63, 3.8) is 0 Å². The van der Waals surface area contributed by atoms with Gasteiger partial charge in [-0.05, 0) is 22.9 Å². The van der Waals surface area contributed by atoms with Crippen LogP contribution in [0.25, 0.3) is 28.3 Å². The monoisotopic (exact) mass is 266 g/mol. The zero-order chi connectivity index (χ0) is 13.9. The van der Waals surface area contributed by atoms with Gasteiger partial charge in [0.05, 0.1) is 0 Å². The van der Waals surface area contributed by atoms with E-state index in [1.807, 2.05) is 42.5 Å². The summed E-state index contributed by atoms with van der Waals surface area (Å²) in [5, 5.41) is 18.4. The van der Waals surface area contributed by atoms with Gasteiger partial charge in [0.2, 0.25) is 11.8 Å². The maximum Gasteiger partial charge on any atom is 0.328 e. The van der Waals surface area contributed by atoms with Crippen LogP contribution in [0, 0.1) is 0 Å². The van der Waals surface area contributed by atoms with Crippen LogP contribution in [-0.2, 0) is 4.79 Å². The second-order valence-electron chi connectivity index (χ2n) is 4.18. The number of carboxylic acid groups (broad SMARTS) is 1. The van der Waals surface area contributed by atoms with Crippen molar-refractivity contribution < 1.29 is 14.3 Å². The minimum absolute atomic E-state index is 0.163. The van der Waals surface area contributed by atoms with E-state index >= 15 is 0 Å². The highest BCUT2D eigenvalue weighted by Gasteiger charge is 2.07. The third-order valence-corrected chi connectivity index (χ3v) is 2.81. The van der Waals surface area contributed by atoms with E-state index in [1.165, 1.54) is 6.08 Å². The Hall–Kier alpha value is -2.95. The fraction of sp³-hybridized carbons (Fsp3) is 0. The van der Waals surface area contributed by atoms with Crippen molar-refractivity contribution in [2.75, 3.05) is 0 Å². The Labute approximate surface area is 114 Å². The minimum Gasteiger partial charge on any atom is -0.478 e. The molecule has 0 aliphatic heterocycles. The molecule has 1 heterocycles. The van der Waals surface area contributed by atoms with Crippen molar-refractivity contribution >= 4 is 22.8 Å². The topological polar surface area (TPSA) is 76.2 Å². The van der Waals surface area contributed by atoms with E-state index in [0.29, 0.717) is 5.89 Å². The van der Waals surface area contributed by atoms with Crippen LogP contribution in [0.5, 0.6) is 0 Å². The fourth-order valence-electron chi connectivity index (χ4n) is 1.88. The first-order valence-corrected chi connectivity index (χ1v) is 5.96. The number of carbonyl (C=O) groups is 1. The molecule has 0 spiro atoms. The maximum atomic E-state index is 10.4. The summed E-state index contributed by atoms with van der Waals surface area (Å²) >= 11 is 0. The Morgan fingerprint density at radius 2 is 1.90 bits per heavy atom. The molecule has 5 heteroatoms. The standard InChI is InChI=1S/C15H10N2O3/c18-14(19)8-7-13-16-17-15(20-13)12-6-5-10-3-1-2-4-11(10)9-12/h1-9H,(H,18,19)/b8-7+. The van der Waals surface area contributed by atoms with Crippen molar-refractivity contribution in [2.24, 2.45) is 0 Å². The average molecular weight is 266 g/mol. The first kappa shape index (κ1) is 12.1. The van der Waals surface area contributed by atoms with Crippen LogP contribution in [0.2, 0.25) is 0 Å². The van der Waals surface area contributed by atoms with Crippen molar-refractivity contribution in [3.8, 4) is 11.5 Å². The van der Waals surface area contributed by atoms with Crippen LogP contribution in [0.4, 0.5) is 0 Å². The fourth-order valence-corrected chi connectivity index (χ4v) is 1.88. The van der Waals surface area contributed by atoms with Gasteiger partial charge < -0.3 is 9.52 Å². The number of carboxylic acids is 1. The van der Waals surface area contributed by atoms with Crippen LogP contribution in [-0.4, -0.2) is 21.3 Å². The zero-order valence-corrected chi connectivity index (χ0v) is 10.4. The summed E-state index contributed by atoms with van der Waals surface area (Å²) in [7, 11) is 0. The summed E-state index contributed by atoms with van der Waals surface area (Å²) in [5.74, 6) is -0.535. The predicted octanol–water partition coefficient (Wildman–Crippen LogP) is 2.99. The molecule has 0 amide bonds. The van der Waals surface area contributed by atoms with Gasteiger partial charge in [-0.15, -0.1) is 10.2 Å². The average Bonchev–Trinajstić information content (AvgIpc) is 2.93. The van der Waals surface area contributed by atoms with Crippen LogP contribution in [0.15, 0.2) is 53.0 Å². The molecule has 2 aromatic carbocycles. The highest BCUT2D eigenvalue weighted by atomic mass is 16.4. The third-order valence-electron chi connectivity index (χ3n) is 2.81. The number of aromatic nitrogens is 2. The van der Waals surface area contributed by atoms with E-state index in [1.54, 1.807) is 0 Å². The highest BCUT2D eigenvalue weighted by Crippen LogP contribution is 2.23. The van der Waals surface area contributed by atoms with Crippen molar-refractivity contribution in [3.05, 3.63) is 54.4 Å². The molecule has 3 rings (SSSR count). The molecule has 5 nitrogen and oxygen atoms in total. The van der Waals surface area contributed by atoms with Gasteiger partial charge in [-0.1, -0.05) is 30.3 Å². The first-order valence-electron chi connectivity index (χ1n) is 5.96. The molecule has 0 saturated carbocycles. The highest BCUT2D eigenvalue weighted by molar-refractivity contribution is 5.86. The van der Waals surface area contributed by atoms with Gasteiger partial charge in [-0.2, -0.15) is 0 Å². The molecule has 98 valence electrons. The summed E-state index contributed by atoms with van der Waals surface area (Å²) in [6.07, 6.45) is 2.22. The minimum atomic E-state index is -1.06. The molecule has 3 aromatic rings. The van der Waals surface area contributed by atoms with E-state index in [2.05, 4.69) is 10.2 Å². The lowest BCUT2D eigenvalue weighted by molar-refractivity contribution is -0.131. The van der Waals surface area contributed by atoms with Crippen LogP contribution >= 0.6 is 0 Å². The largest absolute Gasteiger partial charge is 0.478 e. The summed E-state index contributed by atoms with van der Waals surface area (Å²) in [4.78, 5) is 10.4. The summed E-state index contributed by atoms with van der Waals surface area (Å²) in [5.41, 5.74) is 0.797. The molecule has 0 fully saturated rings. The van der Waals surface area contributed by atoms with Gasteiger partial charge in [0, 0.05) is 17.7 Å². The lowest BCUT2D eigenvalue weighted by Gasteiger charge is -1.99. The second-order valence-corrected chi connectivity index (χ2v) is 4.18. The molecule has 0 aliphatic carbocycles. The molecule has 0 bridgehead atoms. The Bertz CT molecular complexity index is 805. The van der Waals surface area contributed by atoms with Gasteiger partial charge in [0.15, 0.2) is 0 Å². The molecule has 1 aromatic heterocycles. The summed E-state index contributed by atoms with van der Waals surface area (Å²) in [6.45, 7) is 0. The van der Waals surface area contributed by atoms with Gasteiger partial charge in [0.25, 0.3) is 0 Å². The normalized spacial score (nSPS) is 11.2. The third kappa shape index (κ3) is 2.42. The molecule has 1 N–H and O–H groups in total. The molecule has 0 unspecified atom stereocenters. The zero-order valence-electron chi connectivity index (χ0n) is 10.4. The molecule has 0 atom stereocenters. The molecular formula is C15H10N2O3. The number of hydrogen-bond acceptors (Lipinski definition) is 4. The number of aliphatic carboxylic acids is 1. The van der Waals surface area contributed by atoms with Crippen LogP contribution < -0.4 is 0 Å². The second kappa shape index (κ2) is 4.97. The van der Waals surface area contributed by atoms with Crippen molar-refractivity contribution in [1.82, 2.24) is 10.2 Å². The van der Waals surface area contributed by atoms with Gasteiger partial charge in [-0.3, -0.25) is 0 Å². The Balaban J connectivity index is 1.96. The molecular weight excluding hydrogens is 256 g/mol. The predicted molar refractivity (Wildman–Crippen MR) is 73.9 cm³/mol. The van der Waals surface area contributed by atoms with Crippen LogP contribution in [0.3, 0.4) is 0 Å². The molecule has 0 radical (unpaired) electrons. The van der Waals surface area contributed by atoms with Crippen LogP contribution in [0.1, 0.15) is 5.89 Å². The quantitative estimate of drug-likeness (QED) is 0.737. The number of rotatable bonds is 3. The van der Waals surface area contributed by atoms with E-state index in [-0.39, 0.29) is 5.89 Å². The van der Waals surface area contributed by atoms with E-state index in [9.17, 15) is 4.79 Å². The van der Waals surface area contributed by atoms with Crippen molar-refractivity contribution in [2.45, 2.75) is 0 Å². The molecule has 0 saturated heterocycles. The maximum absolute atomic E-state index is 10.4.